The molecular formula is C15H14ClN3. The summed E-state index contributed by atoms with van der Waals surface area (Å²) in [6.45, 7) is 2.05. The summed E-state index contributed by atoms with van der Waals surface area (Å²) in [6.07, 6.45) is 2.39. The number of hydrogen-bond acceptors (Lipinski definition) is 2. The van der Waals surface area contributed by atoms with Crippen LogP contribution in [-0.4, -0.2) is 18.1 Å². The van der Waals surface area contributed by atoms with Crippen LogP contribution in [0, 0.1) is 11.3 Å². The first-order valence-corrected chi connectivity index (χ1v) is 6.80. The van der Waals surface area contributed by atoms with Gasteiger partial charge in [0.25, 0.3) is 0 Å². The van der Waals surface area contributed by atoms with E-state index in [9.17, 15) is 5.26 Å². The van der Waals surface area contributed by atoms with Crippen LogP contribution in [0.4, 0.5) is 5.82 Å². The van der Waals surface area contributed by atoms with Crippen molar-refractivity contribution in [2.75, 3.05) is 18.0 Å². The first-order chi connectivity index (χ1) is 9.28. The summed E-state index contributed by atoms with van der Waals surface area (Å²) in [4.78, 5) is 5.62. The Hall–Kier alpha value is -1.92. The molecule has 0 aliphatic carbocycles. The monoisotopic (exact) mass is 271 g/mol. The third-order valence-electron chi connectivity index (χ3n) is 3.49. The van der Waals surface area contributed by atoms with Crippen LogP contribution in [0.5, 0.6) is 0 Å². The van der Waals surface area contributed by atoms with Gasteiger partial charge in [-0.15, -0.1) is 0 Å². The molecule has 0 radical (unpaired) electrons. The maximum absolute atomic E-state index is 9.27. The fourth-order valence-electron chi connectivity index (χ4n) is 2.50. The van der Waals surface area contributed by atoms with Crippen LogP contribution in [0.1, 0.15) is 18.4 Å². The highest BCUT2D eigenvalue weighted by molar-refractivity contribution is 6.30. The van der Waals surface area contributed by atoms with Crippen molar-refractivity contribution in [3.63, 3.8) is 0 Å². The summed E-state index contributed by atoms with van der Waals surface area (Å²) in [7, 11) is 0. The quantitative estimate of drug-likeness (QED) is 0.903. The van der Waals surface area contributed by atoms with E-state index in [4.69, 9.17) is 11.6 Å². The molecule has 3 rings (SSSR count). The second-order valence-corrected chi connectivity index (χ2v) is 5.19. The van der Waals surface area contributed by atoms with Crippen LogP contribution < -0.4 is 4.90 Å². The van der Waals surface area contributed by atoms with Gasteiger partial charge in [-0.05, 0) is 36.6 Å². The van der Waals surface area contributed by atoms with Gasteiger partial charge in [-0.25, -0.2) is 0 Å². The minimum atomic E-state index is 0.715. The minimum absolute atomic E-state index is 0.715. The molecule has 0 spiro atoms. The second-order valence-electron chi connectivity index (χ2n) is 4.76. The lowest BCUT2D eigenvalue weighted by molar-refractivity contribution is 0.944. The van der Waals surface area contributed by atoms with Gasteiger partial charge in [-0.1, -0.05) is 23.7 Å². The van der Waals surface area contributed by atoms with Gasteiger partial charge in [0.1, 0.15) is 11.9 Å². The molecule has 1 aliphatic heterocycles. The molecule has 2 heterocycles. The van der Waals surface area contributed by atoms with E-state index >= 15 is 0 Å². The molecule has 1 aromatic carbocycles. The molecule has 0 bridgehead atoms. The molecule has 1 fully saturated rings. The highest BCUT2D eigenvalue weighted by atomic mass is 35.5. The number of benzene rings is 1. The normalized spacial score (nSPS) is 14.6. The van der Waals surface area contributed by atoms with E-state index in [1.165, 1.54) is 12.8 Å². The van der Waals surface area contributed by atoms with Crippen molar-refractivity contribution < 1.29 is 0 Å². The Kier molecular flexibility index (Phi) is 3.18. The fraction of sp³-hybridized carbons (Fsp3) is 0.267. The Morgan fingerprint density at radius 3 is 2.47 bits per heavy atom. The van der Waals surface area contributed by atoms with Gasteiger partial charge in [0, 0.05) is 23.8 Å². The highest BCUT2D eigenvalue weighted by Crippen LogP contribution is 2.29. The lowest BCUT2D eigenvalue weighted by Gasteiger charge is -2.15. The molecular weight excluding hydrogens is 258 g/mol. The number of aromatic amines is 1. The zero-order valence-electron chi connectivity index (χ0n) is 10.5. The van der Waals surface area contributed by atoms with E-state index in [-0.39, 0.29) is 0 Å². The predicted molar refractivity (Wildman–Crippen MR) is 77.4 cm³/mol. The maximum Gasteiger partial charge on any atom is 0.124 e. The molecule has 1 saturated heterocycles. The summed E-state index contributed by atoms with van der Waals surface area (Å²) >= 11 is 5.90. The molecule has 0 unspecified atom stereocenters. The summed E-state index contributed by atoms with van der Waals surface area (Å²) in [5.41, 5.74) is 2.73. The number of hydrogen-bond donors (Lipinski definition) is 1. The van der Waals surface area contributed by atoms with Gasteiger partial charge in [0.15, 0.2) is 0 Å². The van der Waals surface area contributed by atoms with Gasteiger partial charge in [0.2, 0.25) is 0 Å². The Labute approximate surface area is 117 Å². The molecule has 4 heteroatoms. The largest absolute Gasteiger partial charge is 0.357 e. The standard InChI is InChI=1S/C15H14ClN3/c16-13-5-3-11(4-6-13)14-9-12(10-17)15(18-14)19-7-1-2-8-19/h3-6,9,18H,1-2,7-8H2. The van der Waals surface area contributed by atoms with Gasteiger partial charge in [-0.2, -0.15) is 5.26 Å². The van der Waals surface area contributed by atoms with Gasteiger partial charge < -0.3 is 9.88 Å². The van der Waals surface area contributed by atoms with Crippen molar-refractivity contribution in [3.8, 4) is 17.3 Å². The summed E-state index contributed by atoms with van der Waals surface area (Å²) < 4.78 is 0. The molecule has 1 aromatic heterocycles. The molecule has 19 heavy (non-hydrogen) atoms. The van der Waals surface area contributed by atoms with Crippen molar-refractivity contribution in [2.45, 2.75) is 12.8 Å². The molecule has 2 aromatic rings. The third-order valence-corrected chi connectivity index (χ3v) is 3.75. The average molecular weight is 272 g/mol. The van der Waals surface area contributed by atoms with Crippen molar-refractivity contribution in [3.05, 3.63) is 40.9 Å². The highest BCUT2D eigenvalue weighted by Gasteiger charge is 2.18. The van der Waals surface area contributed by atoms with Crippen molar-refractivity contribution in [1.29, 1.82) is 5.26 Å². The zero-order chi connectivity index (χ0) is 13.2. The van der Waals surface area contributed by atoms with Gasteiger partial charge in [0.05, 0.1) is 5.56 Å². The molecule has 96 valence electrons. The van der Waals surface area contributed by atoms with Crippen molar-refractivity contribution in [2.24, 2.45) is 0 Å². The van der Waals surface area contributed by atoms with E-state index < -0.39 is 0 Å². The summed E-state index contributed by atoms with van der Waals surface area (Å²) in [5, 5.41) is 9.98. The van der Waals surface area contributed by atoms with Crippen LogP contribution in [0.3, 0.4) is 0 Å². The van der Waals surface area contributed by atoms with E-state index in [1.807, 2.05) is 30.3 Å². The SMILES string of the molecule is N#Cc1cc(-c2ccc(Cl)cc2)[nH]c1N1CCCC1. The van der Waals surface area contributed by atoms with E-state index in [1.54, 1.807) is 0 Å². The Bertz CT molecular complexity index is 616. The number of anilines is 1. The van der Waals surface area contributed by atoms with E-state index in [2.05, 4.69) is 16.0 Å². The van der Waals surface area contributed by atoms with Gasteiger partial charge in [-0.3, -0.25) is 0 Å². The molecule has 0 saturated carbocycles. The van der Waals surface area contributed by atoms with Crippen LogP contribution >= 0.6 is 11.6 Å². The lowest BCUT2D eigenvalue weighted by Crippen LogP contribution is -2.18. The molecule has 0 amide bonds. The smallest absolute Gasteiger partial charge is 0.124 e. The Morgan fingerprint density at radius 2 is 1.84 bits per heavy atom. The molecule has 0 atom stereocenters. The third kappa shape index (κ3) is 2.32. The number of rotatable bonds is 2. The average Bonchev–Trinajstić information content (AvgIpc) is 3.08. The number of nitrogens with one attached hydrogen (secondary N) is 1. The number of aromatic nitrogens is 1. The molecule has 3 nitrogen and oxygen atoms in total. The topological polar surface area (TPSA) is 42.8 Å². The Balaban J connectivity index is 1.99. The van der Waals surface area contributed by atoms with E-state index in [0.29, 0.717) is 5.56 Å². The number of nitrogens with zero attached hydrogens (tertiary/aromatic N) is 2. The summed E-state index contributed by atoms with van der Waals surface area (Å²) in [5.74, 6) is 0.949. The van der Waals surface area contributed by atoms with Crippen molar-refractivity contribution in [1.82, 2.24) is 4.98 Å². The predicted octanol–water partition coefficient (Wildman–Crippen LogP) is 3.81. The first kappa shape index (κ1) is 12.1. The van der Waals surface area contributed by atoms with E-state index in [0.717, 1.165) is 35.2 Å². The minimum Gasteiger partial charge on any atom is -0.357 e. The van der Waals surface area contributed by atoms with Gasteiger partial charge >= 0.3 is 0 Å². The second kappa shape index (κ2) is 4.99. The fourth-order valence-corrected chi connectivity index (χ4v) is 2.63. The Morgan fingerprint density at radius 1 is 1.16 bits per heavy atom. The molecule has 1 N–H and O–H groups in total. The number of nitriles is 1. The summed E-state index contributed by atoms with van der Waals surface area (Å²) in [6, 6.07) is 11.8. The van der Waals surface area contributed by atoms with Crippen LogP contribution in [-0.2, 0) is 0 Å². The van der Waals surface area contributed by atoms with Crippen LogP contribution in [0.2, 0.25) is 5.02 Å². The number of halogens is 1. The number of H-pyrrole nitrogens is 1. The maximum atomic E-state index is 9.27. The van der Waals surface area contributed by atoms with Crippen molar-refractivity contribution >= 4 is 17.4 Å². The molecule has 1 aliphatic rings. The lowest BCUT2D eigenvalue weighted by atomic mass is 10.1. The zero-order valence-corrected chi connectivity index (χ0v) is 11.2. The first-order valence-electron chi connectivity index (χ1n) is 6.42. The van der Waals surface area contributed by atoms with Crippen LogP contribution in [0.25, 0.3) is 11.3 Å². The van der Waals surface area contributed by atoms with Crippen LogP contribution in [0.15, 0.2) is 30.3 Å².